The third-order valence-corrected chi connectivity index (χ3v) is 4.90. The zero-order valence-electron chi connectivity index (χ0n) is 9.79. The van der Waals surface area contributed by atoms with Gasteiger partial charge in [-0.1, -0.05) is 27.2 Å². The van der Waals surface area contributed by atoms with Gasteiger partial charge in [0.25, 0.3) is 0 Å². The molecule has 1 heteroatoms. The maximum atomic E-state index is 10.1. The summed E-state index contributed by atoms with van der Waals surface area (Å²) in [6.07, 6.45) is 6.29. The summed E-state index contributed by atoms with van der Waals surface area (Å²) in [7, 11) is 0. The Balaban J connectivity index is 2.03. The first-order chi connectivity index (χ1) is 6.57. The second-order valence-corrected chi connectivity index (χ2v) is 5.94. The molecular weight excluding hydrogens is 172 g/mol. The lowest BCUT2D eigenvalue weighted by atomic mass is 9.67. The molecule has 4 unspecified atom stereocenters. The summed E-state index contributed by atoms with van der Waals surface area (Å²) in [5.74, 6) is 2.19. The van der Waals surface area contributed by atoms with Crippen LogP contribution in [0.1, 0.15) is 52.9 Å². The van der Waals surface area contributed by atoms with Gasteiger partial charge in [-0.2, -0.15) is 0 Å². The van der Waals surface area contributed by atoms with Crippen LogP contribution in [-0.2, 0) is 0 Å². The lowest BCUT2D eigenvalue weighted by Crippen LogP contribution is -2.38. The summed E-state index contributed by atoms with van der Waals surface area (Å²) in [5, 5.41) is 10.1. The minimum atomic E-state index is -0.0136. The predicted molar refractivity (Wildman–Crippen MR) is 59.0 cm³/mol. The molecule has 14 heavy (non-hydrogen) atoms. The van der Waals surface area contributed by atoms with Crippen molar-refractivity contribution < 1.29 is 5.11 Å². The van der Waals surface area contributed by atoms with Crippen LogP contribution in [0.2, 0.25) is 0 Å². The summed E-state index contributed by atoms with van der Waals surface area (Å²) in [6.45, 7) is 6.97. The fraction of sp³-hybridized carbons (Fsp3) is 1.00. The first kappa shape index (κ1) is 10.5. The van der Waals surface area contributed by atoms with Gasteiger partial charge in [-0.25, -0.2) is 0 Å². The number of hydrogen-bond donors (Lipinski definition) is 1. The Bertz CT molecular complexity index is 207. The van der Waals surface area contributed by atoms with E-state index in [-0.39, 0.29) is 6.10 Å². The molecule has 2 aliphatic carbocycles. The average Bonchev–Trinajstić information content (AvgIpc) is 2.85. The van der Waals surface area contributed by atoms with Crippen molar-refractivity contribution >= 4 is 0 Å². The highest BCUT2D eigenvalue weighted by molar-refractivity contribution is 5.00. The Morgan fingerprint density at radius 2 is 1.93 bits per heavy atom. The molecule has 0 spiro atoms. The van der Waals surface area contributed by atoms with Crippen molar-refractivity contribution in [2.24, 2.45) is 23.2 Å². The van der Waals surface area contributed by atoms with Gasteiger partial charge in [-0.05, 0) is 48.9 Å². The van der Waals surface area contributed by atoms with Crippen molar-refractivity contribution in [3.63, 3.8) is 0 Å². The minimum Gasteiger partial charge on any atom is -0.393 e. The van der Waals surface area contributed by atoms with E-state index in [1.165, 1.54) is 25.7 Å². The average molecular weight is 196 g/mol. The molecule has 0 amide bonds. The maximum absolute atomic E-state index is 10.1. The zero-order chi connectivity index (χ0) is 10.3. The molecule has 2 saturated carbocycles. The van der Waals surface area contributed by atoms with Crippen LogP contribution in [-0.4, -0.2) is 11.2 Å². The predicted octanol–water partition coefficient (Wildman–Crippen LogP) is 3.22. The van der Waals surface area contributed by atoms with Crippen LogP contribution in [0.4, 0.5) is 0 Å². The van der Waals surface area contributed by atoms with Crippen LogP contribution < -0.4 is 0 Å². The molecule has 2 fully saturated rings. The second-order valence-electron chi connectivity index (χ2n) is 5.94. The molecule has 1 N–H and O–H groups in total. The van der Waals surface area contributed by atoms with Gasteiger partial charge in [0, 0.05) is 0 Å². The van der Waals surface area contributed by atoms with Crippen LogP contribution in [0, 0.1) is 23.2 Å². The highest BCUT2D eigenvalue weighted by atomic mass is 16.3. The van der Waals surface area contributed by atoms with E-state index in [1.807, 2.05) is 0 Å². The molecule has 0 aromatic heterocycles. The Morgan fingerprint density at radius 3 is 2.43 bits per heavy atom. The number of hydrogen-bond acceptors (Lipinski definition) is 1. The van der Waals surface area contributed by atoms with Crippen molar-refractivity contribution in [3.8, 4) is 0 Å². The van der Waals surface area contributed by atoms with Crippen LogP contribution in [0.5, 0.6) is 0 Å². The Kier molecular flexibility index (Phi) is 2.63. The van der Waals surface area contributed by atoms with Crippen molar-refractivity contribution in [1.82, 2.24) is 0 Å². The van der Waals surface area contributed by atoms with Gasteiger partial charge >= 0.3 is 0 Å². The molecule has 4 atom stereocenters. The van der Waals surface area contributed by atoms with E-state index in [0.717, 1.165) is 18.3 Å². The number of aliphatic hydroxyl groups is 1. The van der Waals surface area contributed by atoms with Gasteiger partial charge in [0.2, 0.25) is 0 Å². The topological polar surface area (TPSA) is 20.2 Å². The second kappa shape index (κ2) is 3.52. The van der Waals surface area contributed by atoms with E-state index in [1.54, 1.807) is 0 Å². The Morgan fingerprint density at radius 1 is 1.29 bits per heavy atom. The lowest BCUT2D eigenvalue weighted by Gasteiger charge is -2.40. The van der Waals surface area contributed by atoms with Gasteiger partial charge in [0.05, 0.1) is 6.10 Å². The van der Waals surface area contributed by atoms with Gasteiger partial charge in [-0.3, -0.25) is 0 Å². The number of aliphatic hydroxyl groups excluding tert-OH is 1. The molecule has 0 bridgehead atoms. The molecule has 0 radical (unpaired) electrons. The van der Waals surface area contributed by atoms with Crippen LogP contribution in [0.25, 0.3) is 0 Å². The van der Waals surface area contributed by atoms with Crippen molar-refractivity contribution in [2.45, 2.75) is 59.0 Å². The highest BCUT2D eigenvalue weighted by Gasteiger charge is 2.50. The molecule has 82 valence electrons. The third kappa shape index (κ3) is 1.71. The van der Waals surface area contributed by atoms with Gasteiger partial charge in [0.15, 0.2) is 0 Å². The molecular formula is C13H24O. The largest absolute Gasteiger partial charge is 0.393 e. The fourth-order valence-electron chi connectivity index (χ4n) is 3.34. The summed E-state index contributed by atoms with van der Waals surface area (Å²) >= 11 is 0. The van der Waals surface area contributed by atoms with Crippen LogP contribution in [0.15, 0.2) is 0 Å². The minimum absolute atomic E-state index is 0.0136. The van der Waals surface area contributed by atoms with E-state index < -0.39 is 0 Å². The van der Waals surface area contributed by atoms with E-state index in [4.69, 9.17) is 0 Å². The van der Waals surface area contributed by atoms with Gasteiger partial charge < -0.3 is 5.11 Å². The van der Waals surface area contributed by atoms with Crippen LogP contribution >= 0.6 is 0 Å². The highest BCUT2D eigenvalue weighted by Crippen LogP contribution is 2.57. The normalized spacial score (nSPS) is 46.3. The molecule has 1 nitrogen and oxygen atoms in total. The fourth-order valence-corrected chi connectivity index (χ4v) is 3.34. The lowest BCUT2D eigenvalue weighted by molar-refractivity contribution is -0.0119. The molecule has 0 heterocycles. The monoisotopic (exact) mass is 196 g/mol. The summed E-state index contributed by atoms with van der Waals surface area (Å²) in [5.41, 5.74) is 0.507. The third-order valence-electron chi connectivity index (χ3n) is 4.90. The van der Waals surface area contributed by atoms with Crippen LogP contribution in [0.3, 0.4) is 0 Å². The first-order valence-corrected chi connectivity index (χ1v) is 6.25. The first-order valence-electron chi connectivity index (χ1n) is 6.25. The Hall–Kier alpha value is -0.0400. The molecule has 0 aromatic rings. The van der Waals surface area contributed by atoms with E-state index in [2.05, 4.69) is 20.8 Å². The SMILES string of the molecule is CCC1CC(C2(C)CC2)C(O)CC1C. The zero-order valence-corrected chi connectivity index (χ0v) is 9.79. The summed E-state index contributed by atoms with van der Waals surface area (Å²) in [4.78, 5) is 0. The van der Waals surface area contributed by atoms with E-state index in [9.17, 15) is 5.11 Å². The standard InChI is InChI=1S/C13H24O/c1-4-10-8-11(13(3)5-6-13)12(14)7-9(10)2/h9-12,14H,4-8H2,1-3H3. The summed E-state index contributed by atoms with van der Waals surface area (Å²) < 4.78 is 0. The molecule has 0 aliphatic heterocycles. The molecule has 2 rings (SSSR count). The quantitative estimate of drug-likeness (QED) is 0.719. The van der Waals surface area contributed by atoms with Gasteiger partial charge in [-0.15, -0.1) is 0 Å². The summed E-state index contributed by atoms with van der Waals surface area (Å²) in [6, 6.07) is 0. The Labute approximate surface area is 87.9 Å². The molecule has 0 saturated heterocycles. The molecule has 2 aliphatic rings. The molecule has 0 aromatic carbocycles. The van der Waals surface area contributed by atoms with Crippen molar-refractivity contribution in [1.29, 1.82) is 0 Å². The van der Waals surface area contributed by atoms with E-state index in [0.29, 0.717) is 11.3 Å². The number of rotatable bonds is 2. The maximum Gasteiger partial charge on any atom is 0.0576 e. The van der Waals surface area contributed by atoms with Crippen molar-refractivity contribution in [3.05, 3.63) is 0 Å². The van der Waals surface area contributed by atoms with E-state index >= 15 is 0 Å². The van der Waals surface area contributed by atoms with Crippen molar-refractivity contribution in [2.75, 3.05) is 0 Å². The van der Waals surface area contributed by atoms with Gasteiger partial charge in [0.1, 0.15) is 0 Å². The smallest absolute Gasteiger partial charge is 0.0576 e.